The van der Waals surface area contributed by atoms with Gasteiger partial charge in [-0.25, -0.2) is 0 Å². The minimum Gasteiger partial charge on any atom is -0.497 e. The van der Waals surface area contributed by atoms with Gasteiger partial charge < -0.3 is 10.1 Å². The molecule has 2 aromatic rings. The second-order valence-electron chi connectivity index (χ2n) is 5.33. The predicted octanol–water partition coefficient (Wildman–Crippen LogP) is 2.24. The fraction of sp³-hybridized carbons (Fsp3) is 0.167. The fourth-order valence-electron chi connectivity index (χ4n) is 2.40. The van der Waals surface area contributed by atoms with Crippen molar-refractivity contribution >= 4 is 18.1 Å². The van der Waals surface area contributed by atoms with Gasteiger partial charge in [-0.05, 0) is 23.3 Å². The molecule has 0 aliphatic carbocycles. The summed E-state index contributed by atoms with van der Waals surface area (Å²) in [6, 6.07) is 17.1. The van der Waals surface area contributed by atoms with Gasteiger partial charge in [0.25, 0.3) is 0 Å². The third-order valence-electron chi connectivity index (χ3n) is 3.64. The molecule has 0 saturated carbocycles. The standard InChI is InChI=1S/C18H18N4O2/c1-24-15-9-7-14(8-10-15)16-11-17(23)21-18(20-16)22-19-12-13-5-3-2-4-6-13/h2-10,12,16H,11H2,1H3,(H2,20,21,22,23). The molecule has 1 unspecified atom stereocenters. The number of rotatable bonds is 4. The van der Waals surface area contributed by atoms with Crippen molar-refractivity contribution < 1.29 is 9.53 Å². The quantitative estimate of drug-likeness (QED) is 0.669. The summed E-state index contributed by atoms with van der Waals surface area (Å²) >= 11 is 0. The molecule has 1 amide bonds. The van der Waals surface area contributed by atoms with Gasteiger partial charge in [-0.15, -0.1) is 5.10 Å². The molecule has 0 aromatic heterocycles. The van der Waals surface area contributed by atoms with E-state index in [4.69, 9.17) is 4.74 Å². The van der Waals surface area contributed by atoms with E-state index in [-0.39, 0.29) is 11.9 Å². The molecule has 1 fully saturated rings. The van der Waals surface area contributed by atoms with E-state index >= 15 is 0 Å². The van der Waals surface area contributed by atoms with E-state index in [0.717, 1.165) is 16.9 Å². The number of benzene rings is 2. The lowest BCUT2D eigenvalue weighted by Crippen LogP contribution is -2.49. The molecule has 0 spiro atoms. The van der Waals surface area contributed by atoms with Crippen LogP contribution >= 0.6 is 0 Å². The normalized spacial score (nSPS) is 19.1. The van der Waals surface area contributed by atoms with Crippen molar-refractivity contribution in [3.8, 4) is 5.75 Å². The Labute approximate surface area is 140 Å². The zero-order chi connectivity index (χ0) is 16.8. The van der Waals surface area contributed by atoms with Crippen LogP contribution in [-0.2, 0) is 4.79 Å². The second-order valence-corrected chi connectivity index (χ2v) is 5.33. The van der Waals surface area contributed by atoms with Crippen LogP contribution in [0.2, 0.25) is 0 Å². The Morgan fingerprint density at radius 3 is 2.58 bits per heavy atom. The average molecular weight is 322 g/mol. The van der Waals surface area contributed by atoms with E-state index in [0.29, 0.717) is 12.4 Å². The molecule has 0 radical (unpaired) electrons. The minimum atomic E-state index is -0.143. The number of carbonyl (C=O) groups is 1. The van der Waals surface area contributed by atoms with Crippen LogP contribution in [0.5, 0.6) is 5.75 Å². The summed E-state index contributed by atoms with van der Waals surface area (Å²) < 4.78 is 5.15. The maximum Gasteiger partial charge on any atom is 0.229 e. The Morgan fingerprint density at radius 2 is 1.88 bits per heavy atom. The van der Waals surface area contributed by atoms with Crippen molar-refractivity contribution in [2.45, 2.75) is 12.5 Å². The highest BCUT2D eigenvalue weighted by Crippen LogP contribution is 2.21. The first-order valence-electron chi connectivity index (χ1n) is 7.61. The van der Waals surface area contributed by atoms with E-state index in [1.807, 2.05) is 54.6 Å². The van der Waals surface area contributed by atoms with Gasteiger partial charge in [-0.1, -0.05) is 42.5 Å². The van der Waals surface area contributed by atoms with Crippen LogP contribution in [0.25, 0.3) is 0 Å². The van der Waals surface area contributed by atoms with Gasteiger partial charge in [0.1, 0.15) is 5.75 Å². The van der Waals surface area contributed by atoms with Crippen LogP contribution in [0.4, 0.5) is 0 Å². The molecule has 1 heterocycles. The first-order valence-corrected chi connectivity index (χ1v) is 7.61. The molecule has 0 bridgehead atoms. The van der Waals surface area contributed by atoms with Crippen molar-refractivity contribution in [2.24, 2.45) is 10.2 Å². The molecule has 1 atom stereocenters. The Morgan fingerprint density at radius 1 is 1.12 bits per heavy atom. The van der Waals surface area contributed by atoms with Crippen LogP contribution in [0.15, 0.2) is 64.8 Å². The lowest BCUT2D eigenvalue weighted by molar-refractivity contribution is -0.120. The summed E-state index contributed by atoms with van der Waals surface area (Å²) in [6.45, 7) is 0. The van der Waals surface area contributed by atoms with Crippen molar-refractivity contribution in [1.82, 2.24) is 10.6 Å². The predicted molar refractivity (Wildman–Crippen MR) is 93.1 cm³/mol. The van der Waals surface area contributed by atoms with Crippen molar-refractivity contribution in [2.75, 3.05) is 7.11 Å². The number of ether oxygens (including phenoxy) is 1. The minimum absolute atomic E-state index is 0.0942. The molecule has 1 aliphatic heterocycles. The van der Waals surface area contributed by atoms with Crippen LogP contribution in [0.3, 0.4) is 0 Å². The largest absolute Gasteiger partial charge is 0.497 e. The van der Waals surface area contributed by atoms with Crippen molar-refractivity contribution in [3.63, 3.8) is 0 Å². The first kappa shape index (κ1) is 15.7. The van der Waals surface area contributed by atoms with E-state index in [2.05, 4.69) is 20.8 Å². The number of methoxy groups -OCH3 is 1. The Kier molecular flexibility index (Phi) is 4.86. The van der Waals surface area contributed by atoms with Crippen molar-refractivity contribution in [1.29, 1.82) is 0 Å². The number of guanidine groups is 1. The Hall–Kier alpha value is -3.15. The highest BCUT2D eigenvalue weighted by Gasteiger charge is 2.24. The third-order valence-corrected chi connectivity index (χ3v) is 3.64. The van der Waals surface area contributed by atoms with Crippen molar-refractivity contribution in [3.05, 3.63) is 65.7 Å². The van der Waals surface area contributed by atoms with E-state index in [1.165, 1.54) is 0 Å². The maximum absolute atomic E-state index is 11.9. The van der Waals surface area contributed by atoms with Gasteiger partial charge in [-0.3, -0.25) is 10.1 Å². The summed E-state index contributed by atoms with van der Waals surface area (Å²) in [5.74, 6) is 1.03. The molecule has 24 heavy (non-hydrogen) atoms. The molecule has 122 valence electrons. The second kappa shape index (κ2) is 7.41. The lowest BCUT2D eigenvalue weighted by atomic mass is 10.0. The number of carbonyl (C=O) groups excluding carboxylic acids is 1. The van der Waals surface area contributed by atoms with Gasteiger partial charge >= 0.3 is 0 Å². The third kappa shape index (κ3) is 3.98. The molecule has 2 N–H and O–H groups in total. The summed E-state index contributed by atoms with van der Waals surface area (Å²) in [5.41, 5.74) is 1.93. The molecule has 1 aliphatic rings. The van der Waals surface area contributed by atoms with Gasteiger partial charge in [0.05, 0.1) is 25.8 Å². The summed E-state index contributed by atoms with van der Waals surface area (Å²) in [4.78, 5) is 11.9. The Bertz CT molecular complexity index is 754. The highest BCUT2D eigenvalue weighted by molar-refractivity contribution is 6.00. The monoisotopic (exact) mass is 322 g/mol. The van der Waals surface area contributed by atoms with Gasteiger partial charge in [0, 0.05) is 0 Å². The molecule has 6 nitrogen and oxygen atoms in total. The highest BCUT2D eigenvalue weighted by atomic mass is 16.5. The summed E-state index contributed by atoms with van der Waals surface area (Å²) in [6.07, 6.45) is 1.98. The average Bonchev–Trinajstić information content (AvgIpc) is 2.62. The fourth-order valence-corrected chi connectivity index (χ4v) is 2.40. The molecule has 2 aromatic carbocycles. The van der Waals surface area contributed by atoms with E-state index in [9.17, 15) is 4.79 Å². The zero-order valence-electron chi connectivity index (χ0n) is 13.3. The van der Waals surface area contributed by atoms with Gasteiger partial charge in [-0.2, -0.15) is 5.10 Å². The van der Waals surface area contributed by atoms with Gasteiger partial charge in [0.2, 0.25) is 11.9 Å². The van der Waals surface area contributed by atoms with Crippen LogP contribution in [0, 0.1) is 0 Å². The molecular weight excluding hydrogens is 304 g/mol. The number of amides is 1. The Balaban J connectivity index is 1.71. The number of hydrogen-bond donors (Lipinski definition) is 2. The van der Waals surface area contributed by atoms with Crippen LogP contribution in [0.1, 0.15) is 23.6 Å². The van der Waals surface area contributed by atoms with E-state index < -0.39 is 0 Å². The molecule has 6 heteroatoms. The molecular formula is C18H18N4O2. The SMILES string of the molecule is COc1ccc(C2CC(=O)NC(=NN=Cc3ccccc3)N2)cc1. The molecule has 1 saturated heterocycles. The van der Waals surface area contributed by atoms with Crippen LogP contribution < -0.4 is 15.4 Å². The summed E-state index contributed by atoms with van der Waals surface area (Å²) in [5, 5.41) is 14.0. The number of nitrogens with one attached hydrogen (secondary N) is 2. The number of nitrogens with zero attached hydrogens (tertiary/aromatic N) is 2. The number of hydrogen-bond acceptors (Lipinski definition) is 4. The summed E-state index contributed by atoms with van der Waals surface area (Å²) in [7, 11) is 1.62. The smallest absolute Gasteiger partial charge is 0.229 e. The van der Waals surface area contributed by atoms with Gasteiger partial charge in [0.15, 0.2) is 0 Å². The zero-order valence-corrected chi connectivity index (χ0v) is 13.3. The maximum atomic E-state index is 11.9. The first-order chi connectivity index (χ1) is 11.7. The van der Waals surface area contributed by atoms with E-state index in [1.54, 1.807) is 13.3 Å². The van der Waals surface area contributed by atoms with Crippen LogP contribution in [-0.4, -0.2) is 25.2 Å². The topological polar surface area (TPSA) is 75.1 Å². The lowest BCUT2D eigenvalue weighted by Gasteiger charge is -2.25. The molecule has 3 rings (SSSR count).